The third-order valence-corrected chi connectivity index (χ3v) is 4.53. The quantitative estimate of drug-likeness (QED) is 0.593. The van der Waals surface area contributed by atoms with Crippen LogP contribution in [-0.2, 0) is 14.3 Å². The lowest BCUT2D eigenvalue weighted by Gasteiger charge is -2.20. The second kappa shape index (κ2) is 8.14. The Balaban J connectivity index is 1.61. The molecular weight excluding hydrogens is 376 g/mol. The maximum atomic E-state index is 12.4. The number of fused-ring (bicyclic) bond motifs is 1. The topological polar surface area (TPSA) is 102 Å². The number of carbonyl (C=O) groups excluding carboxylic acids is 4. The lowest BCUT2D eigenvalue weighted by Crippen LogP contribution is -2.44. The molecule has 29 heavy (non-hydrogen) atoms. The lowest BCUT2D eigenvalue weighted by atomic mass is 10.1. The fourth-order valence-corrected chi connectivity index (χ4v) is 3.03. The van der Waals surface area contributed by atoms with E-state index >= 15 is 0 Å². The van der Waals surface area contributed by atoms with E-state index in [9.17, 15) is 19.2 Å². The number of esters is 1. The Hall–Kier alpha value is -3.68. The summed E-state index contributed by atoms with van der Waals surface area (Å²) in [5, 5.41) is 2.61. The molecule has 2 aromatic carbocycles. The number of nitrogens with one attached hydrogen (secondary N) is 1. The van der Waals surface area contributed by atoms with E-state index in [0.717, 1.165) is 10.5 Å². The van der Waals surface area contributed by atoms with Crippen molar-refractivity contribution in [3.8, 4) is 5.75 Å². The molecule has 150 valence electrons. The largest absolute Gasteiger partial charge is 0.495 e. The van der Waals surface area contributed by atoms with Gasteiger partial charge in [-0.15, -0.1) is 0 Å². The third kappa shape index (κ3) is 3.96. The Morgan fingerprint density at radius 1 is 1.07 bits per heavy atom. The molecule has 8 heteroatoms. The average Bonchev–Trinajstić information content (AvgIpc) is 2.96. The molecule has 0 bridgehead atoms. The van der Waals surface area contributed by atoms with Crippen molar-refractivity contribution in [1.82, 2.24) is 4.90 Å². The minimum atomic E-state index is -1.16. The third-order valence-electron chi connectivity index (χ3n) is 4.53. The van der Waals surface area contributed by atoms with Gasteiger partial charge in [-0.3, -0.25) is 19.3 Å². The van der Waals surface area contributed by atoms with E-state index in [4.69, 9.17) is 9.47 Å². The number of hydrogen-bond acceptors (Lipinski definition) is 6. The first kappa shape index (κ1) is 20.1. The first-order valence-electron chi connectivity index (χ1n) is 8.91. The Morgan fingerprint density at radius 3 is 2.28 bits per heavy atom. The highest BCUT2D eigenvalue weighted by molar-refractivity contribution is 6.22. The van der Waals surface area contributed by atoms with Crippen molar-refractivity contribution in [2.24, 2.45) is 0 Å². The van der Waals surface area contributed by atoms with Crippen LogP contribution in [0.15, 0.2) is 42.5 Å². The van der Waals surface area contributed by atoms with Crippen molar-refractivity contribution in [3.05, 3.63) is 59.2 Å². The fourth-order valence-electron chi connectivity index (χ4n) is 3.03. The Bertz CT molecular complexity index is 965. The van der Waals surface area contributed by atoms with Crippen LogP contribution in [0.1, 0.15) is 33.2 Å². The van der Waals surface area contributed by atoms with Gasteiger partial charge in [-0.25, -0.2) is 4.79 Å². The molecule has 0 aromatic heterocycles. The zero-order valence-electron chi connectivity index (χ0n) is 16.2. The highest BCUT2D eigenvalue weighted by Crippen LogP contribution is 2.26. The molecule has 1 heterocycles. The second-order valence-electron chi connectivity index (χ2n) is 6.56. The Morgan fingerprint density at radius 2 is 1.69 bits per heavy atom. The SMILES string of the molecule is COc1ccc(C)cc1NC(=O)COC(=O)[C@@H](C)N1C(=O)c2ccccc2C1=O. The smallest absolute Gasteiger partial charge is 0.329 e. The first-order valence-corrected chi connectivity index (χ1v) is 8.91. The van der Waals surface area contributed by atoms with Gasteiger partial charge in [-0.1, -0.05) is 18.2 Å². The number of nitrogens with zero attached hydrogens (tertiary/aromatic N) is 1. The van der Waals surface area contributed by atoms with Gasteiger partial charge >= 0.3 is 5.97 Å². The van der Waals surface area contributed by atoms with E-state index in [1.54, 1.807) is 24.3 Å². The molecule has 1 N–H and O–H groups in total. The monoisotopic (exact) mass is 396 g/mol. The highest BCUT2D eigenvalue weighted by atomic mass is 16.5. The van der Waals surface area contributed by atoms with E-state index in [1.165, 1.54) is 26.2 Å². The van der Waals surface area contributed by atoms with Crippen LogP contribution in [0.3, 0.4) is 0 Å². The standard InChI is InChI=1S/C21H20N2O6/c1-12-8-9-17(28-3)16(10-12)22-18(24)11-29-21(27)13(2)23-19(25)14-6-4-5-7-15(14)20(23)26/h4-10,13H,11H2,1-3H3,(H,22,24)/t13-/m1/s1. The molecule has 0 spiro atoms. The summed E-state index contributed by atoms with van der Waals surface area (Å²) in [6, 6.07) is 10.4. The number of ether oxygens (including phenoxy) is 2. The van der Waals surface area contributed by atoms with Gasteiger partial charge in [0.2, 0.25) is 0 Å². The summed E-state index contributed by atoms with van der Waals surface area (Å²) >= 11 is 0. The summed E-state index contributed by atoms with van der Waals surface area (Å²) < 4.78 is 10.2. The van der Waals surface area contributed by atoms with E-state index in [1.807, 2.05) is 13.0 Å². The Labute approximate surface area is 167 Å². The number of anilines is 1. The molecule has 0 aliphatic carbocycles. The van der Waals surface area contributed by atoms with Crippen LogP contribution in [0.2, 0.25) is 0 Å². The number of methoxy groups -OCH3 is 1. The van der Waals surface area contributed by atoms with E-state index in [-0.39, 0.29) is 11.1 Å². The summed E-state index contributed by atoms with van der Waals surface area (Å²) in [5.74, 6) is -2.09. The predicted molar refractivity (Wildman–Crippen MR) is 104 cm³/mol. The summed E-state index contributed by atoms with van der Waals surface area (Å²) in [6.45, 7) is 2.67. The minimum Gasteiger partial charge on any atom is -0.495 e. The number of amides is 3. The summed E-state index contributed by atoms with van der Waals surface area (Å²) in [6.07, 6.45) is 0. The second-order valence-corrected chi connectivity index (χ2v) is 6.56. The number of hydrogen-bond donors (Lipinski definition) is 1. The van der Waals surface area contributed by atoms with Crippen molar-refractivity contribution in [1.29, 1.82) is 0 Å². The maximum Gasteiger partial charge on any atom is 0.329 e. The molecule has 0 fully saturated rings. The van der Waals surface area contributed by atoms with Crippen LogP contribution < -0.4 is 10.1 Å². The van der Waals surface area contributed by atoms with Crippen molar-refractivity contribution < 1.29 is 28.7 Å². The maximum absolute atomic E-state index is 12.4. The van der Waals surface area contributed by atoms with Crippen molar-refractivity contribution >= 4 is 29.4 Å². The molecular formula is C21H20N2O6. The Kier molecular flexibility index (Phi) is 5.63. The summed E-state index contributed by atoms with van der Waals surface area (Å²) in [7, 11) is 1.48. The molecule has 3 rings (SSSR count). The molecule has 8 nitrogen and oxygen atoms in total. The zero-order chi connectivity index (χ0) is 21.1. The van der Waals surface area contributed by atoms with Gasteiger partial charge in [0.15, 0.2) is 6.61 Å². The molecule has 1 atom stereocenters. The molecule has 0 radical (unpaired) electrons. The van der Waals surface area contributed by atoms with Crippen LogP contribution in [0.5, 0.6) is 5.75 Å². The van der Waals surface area contributed by atoms with Crippen LogP contribution in [0, 0.1) is 6.92 Å². The van der Waals surface area contributed by atoms with Gasteiger partial charge in [0.1, 0.15) is 11.8 Å². The number of aryl methyl sites for hydroxylation is 1. The van der Waals surface area contributed by atoms with Gasteiger partial charge in [-0.2, -0.15) is 0 Å². The van der Waals surface area contributed by atoms with Crippen molar-refractivity contribution in [2.75, 3.05) is 19.0 Å². The number of imide groups is 1. The minimum absolute atomic E-state index is 0.237. The van der Waals surface area contributed by atoms with Crippen molar-refractivity contribution in [3.63, 3.8) is 0 Å². The van der Waals surface area contributed by atoms with E-state index in [0.29, 0.717) is 11.4 Å². The molecule has 0 unspecified atom stereocenters. The molecule has 0 saturated carbocycles. The molecule has 1 aliphatic heterocycles. The summed E-state index contributed by atoms with van der Waals surface area (Å²) in [5.41, 5.74) is 1.84. The van der Waals surface area contributed by atoms with Crippen LogP contribution in [0.4, 0.5) is 5.69 Å². The number of rotatable bonds is 6. The van der Waals surface area contributed by atoms with E-state index < -0.39 is 36.3 Å². The average molecular weight is 396 g/mol. The van der Waals surface area contributed by atoms with Crippen molar-refractivity contribution in [2.45, 2.75) is 19.9 Å². The number of carbonyl (C=O) groups is 4. The summed E-state index contributed by atoms with van der Waals surface area (Å²) in [4.78, 5) is 50.2. The van der Waals surface area contributed by atoms with Gasteiger partial charge in [-0.05, 0) is 43.7 Å². The first-order chi connectivity index (χ1) is 13.8. The molecule has 2 aromatic rings. The predicted octanol–water partition coefficient (Wildman–Crippen LogP) is 2.17. The number of benzene rings is 2. The van der Waals surface area contributed by atoms with Gasteiger partial charge < -0.3 is 14.8 Å². The molecule has 0 saturated heterocycles. The zero-order valence-corrected chi connectivity index (χ0v) is 16.2. The van der Waals surface area contributed by atoms with Crippen LogP contribution >= 0.6 is 0 Å². The highest BCUT2D eigenvalue weighted by Gasteiger charge is 2.41. The van der Waals surface area contributed by atoms with Crippen LogP contribution in [0.25, 0.3) is 0 Å². The van der Waals surface area contributed by atoms with Gasteiger partial charge in [0.05, 0.1) is 23.9 Å². The van der Waals surface area contributed by atoms with Crippen LogP contribution in [-0.4, -0.2) is 48.3 Å². The van der Waals surface area contributed by atoms with Gasteiger partial charge in [0.25, 0.3) is 17.7 Å². The lowest BCUT2D eigenvalue weighted by molar-refractivity contribution is -0.150. The molecule has 3 amide bonds. The fraction of sp³-hybridized carbons (Fsp3) is 0.238. The van der Waals surface area contributed by atoms with Gasteiger partial charge in [0, 0.05) is 0 Å². The normalized spacial score (nSPS) is 13.7. The molecule has 1 aliphatic rings. The van der Waals surface area contributed by atoms with E-state index in [2.05, 4.69) is 5.32 Å².